The second kappa shape index (κ2) is 18.0. The second-order valence-electron chi connectivity index (χ2n) is 13.7. The molecule has 5 nitrogen and oxygen atoms in total. The van der Waals surface area contributed by atoms with Crippen molar-refractivity contribution in [2.24, 2.45) is 0 Å². The Morgan fingerprint density at radius 1 is 0.623 bits per heavy atom. The molecule has 1 aliphatic rings. The van der Waals surface area contributed by atoms with Crippen LogP contribution in [0.3, 0.4) is 0 Å². The van der Waals surface area contributed by atoms with Crippen molar-refractivity contribution in [2.45, 2.75) is 57.4 Å². The zero-order valence-electron chi connectivity index (χ0n) is 48.9. The van der Waals surface area contributed by atoms with Gasteiger partial charge in [-0.2, -0.15) is 5.26 Å². The van der Waals surface area contributed by atoms with E-state index >= 15 is 0 Å². The fourth-order valence-electron chi connectivity index (χ4n) is 6.93. The summed E-state index contributed by atoms with van der Waals surface area (Å²) in [5.74, 6) is 0. The van der Waals surface area contributed by atoms with E-state index in [2.05, 4.69) is 33.2 Å². The van der Waals surface area contributed by atoms with Gasteiger partial charge in [0.1, 0.15) is 5.58 Å². The largest absolute Gasteiger partial charge is 3.00 e. The summed E-state index contributed by atoms with van der Waals surface area (Å²) in [6.45, 7) is 0. The van der Waals surface area contributed by atoms with Gasteiger partial charge in [-0.15, -0.1) is 90.0 Å². The fourth-order valence-corrected chi connectivity index (χ4v) is 6.93. The molecular weight excluding hydrogens is 925 g/mol. The number of fused-ring (bicyclic) bond motifs is 5. The minimum absolute atomic E-state index is 0. The van der Waals surface area contributed by atoms with Crippen LogP contribution in [0, 0.1) is 29.5 Å². The van der Waals surface area contributed by atoms with Gasteiger partial charge in [-0.05, 0) is 125 Å². The maximum Gasteiger partial charge on any atom is 3.00 e. The van der Waals surface area contributed by atoms with Gasteiger partial charge in [-0.1, -0.05) is 65.5 Å². The Balaban J connectivity index is 0.00000740. The number of pyridine rings is 3. The maximum atomic E-state index is 10.1. The number of aryl methyl sites for hydroxylation is 7. The van der Waals surface area contributed by atoms with Crippen LogP contribution in [-0.2, 0) is 71.1 Å². The van der Waals surface area contributed by atoms with Gasteiger partial charge in [-0.3, -0.25) is 0 Å². The molecule has 9 aromatic rings. The van der Waals surface area contributed by atoms with Gasteiger partial charge in [0.25, 0.3) is 0 Å². The van der Waals surface area contributed by atoms with Crippen LogP contribution >= 0.6 is 0 Å². The summed E-state index contributed by atoms with van der Waals surface area (Å²) in [6, 6.07) is 38.2. The first kappa shape index (κ1) is 24.7. The molecule has 0 atom stereocenters. The van der Waals surface area contributed by atoms with E-state index in [-0.39, 0.29) is 86.7 Å². The Labute approximate surface area is 394 Å². The van der Waals surface area contributed by atoms with Gasteiger partial charge < -0.3 is 19.4 Å². The first-order valence-corrected chi connectivity index (χ1v) is 18.9. The van der Waals surface area contributed by atoms with E-state index in [0.717, 1.165) is 36.8 Å². The normalized spacial score (nSPS) is 19.2. The Morgan fingerprint density at radius 3 is 1.64 bits per heavy atom. The average Bonchev–Trinajstić information content (AvgIpc) is 4.02. The van der Waals surface area contributed by atoms with Crippen LogP contribution < -0.4 is 0 Å². The quantitative estimate of drug-likeness (QED) is 0.114. The molecule has 4 aromatic heterocycles. The van der Waals surface area contributed by atoms with Crippen molar-refractivity contribution >= 4 is 21.9 Å². The Kier molecular flexibility index (Phi) is 7.28. The van der Waals surface area contributed by atoms with Crippen LogP contribution in [0.5, 0.6) is 0 Å². The molecule has 0 N–H and O–H groups in total. The zero-order valence-corrected chi connectivity index (χ0v) is 34.3. The van der Waals surface area contributed by atoms with Crippen LogP contribution in [0.1, 0.15) is 79.8 Å². The van der Waals surface area contributed by atoms with E-state index in [1.165, 1.54) is 42.5 Å². The molecular formula is C55H41IrN4O. The molecule has 0 saturated carbocycles. The van der Waals surface area contributed by atoms with Crippen molar-refractivity contribution in [3.8, 4) is 39.8 Å². The number of hydrogen-bond acceptors (Lipinski definition) is 5. The molecule has 6 heteroatoms. The van der Waals surface area contributed by atoms with Gasteiger partial charge >= 0.3 is 20.1 Å². The van der Waals surface area contributed by atoms with Crippen molar-refractivity contribution in [1.82, 2.24) is 15.0 Å². The van der Waals surface area contributed by atoms with Crippen LogP contribution in [-0.4, -0.2) is 15.0 Å². The molecule has 4 heterocycles. The zero-order chi connectivity index (χ0) is 55.5. The summed E-state index contributed by atoms with van der Waals surface area (Å²) in [7, 11) is 0. The van der Waals surface area contributed by atoms with Crippen molar-refractivity contribution < 1.29 is 47.8 Å². The minimum atomic E-state index is -3.23. The first-order valence-electron chi connectivity index (χ1n) is 27.4. The molecule has 0 amide bonds. The van der Waals surface area contributed by atoms with Crippen LogP contribution in [0.2, 0.25) is 0 Å². The number of nitrogens with zero attached hydrogens (tertiary/aromatic N) is 4. The summed E-state index contributed by atoms with van der Waals surface area (Å²) in [4.78, 5) is 13.2. The van der Waals surface area contributed by atoms with Crippen LogP contribution in [0.15, 0.2) is 144 Å². The number of nitriles is 1. The predicted octanol–water partition coefficient (Wildman–Crippen LogP) is 11.9. The summed E-state index contributed by atoms with van der Waals surface area (Å²) in [5, 5.41) is 10.4. The average molecular weight is 983 g/mol. The number of hydrogen-bond donors (Lipinski definition) is 0. The molecule has 1 aliphatic carbocycles. The Hall–Kier alpha value is -6.51. The third kappa shape index (κ3) is 8.59. The smallest absolute Gasteiger partial charge is 0.501 e. The third-order valence-corrected chi connectivity index (χ3v) is 9.78. The van der Waals surface area contributed by atoms with E-state index < -0.39 is 80.1 Å². The minimum Gasteiger partial charge on any atom is -0.501 e. The monoisotopic (exact) mass is 983 g/mol. The SMILES string of the molecule is [2H]c1c(C#N)c2c(c3c1oc1c(-c4ccc(C([2H])([2H])C([2H])([2H])c5cc(C([2H])([2H])C([2H])([2H])c6ccc(-c7[c-]cccc7)nc6)cc(C([2H])([2H])C([2H])([2H])c6ccc(-c7[c-]cccc7)nc6)c5)cn4)[c-]ccc13)C([2H])([2H])CC2([2H])[2H].[Ir+3]. The second-order valence-corrected chi connectivity index (χ2v) is 13.7. The fraction of sp³-hybridized carbons (Fsp3) is 0.164. The van der Waals surface area contributed by atoms with Crippen LogP contribution in [0.4, 0.5) is 0 Å². The van der Waals surface area contributed by atoms with Crippen LogP contribution in [0.25, 0.3) is 55.7 Å². The standard InChI is InChI=1S/C55H41N4O.Ir/c56-33-45-32-53-54(47-14-7-13-46(45)47)49-16-8-15-48(55(49)60-53)52-28-25-39(36-59-52)19-22-42-30-40(20-17-37-23-26-50(57-34-37)43-9-3-1-4-10-43)29-41(31-42)21-18-38-24-27-51(58-35-38)44-11-5-2-6-12-44;/h1-6,8-9,11,16,23-32,34-36H,7,13-14,17-22H2;/q-3;+3/i13D2,14D2,17D2,18D2,19D2,20D2,21D2,22D2,32D;. The molecule has 0 spiro atoms. The maximum absolute atomic E-state index is 10.1. The van der Waals surface area contributed by atoms with Crippen molar-refractivity contribution in [1.29, 1.82) is 5.26 Å². The predicted molar refractivity (Wildman–Crippen MR) is 238 cm³/mol. The van der Waals surface area contributed by atoms with E-state index in [4.69, 9.17) is 11.3 Å². The molecule has 10 rings (SSSR count). The summed E-state index contributed by atoms with van der Waals surface area (Å²) >= 11 is 0. The first-order chi connectivity index (χ1) is 36.1. The van der Waals surface area contributed by atoms with E-state index in [0.29, 0.717) is 22.5 Å². The molecule has 0 bridgehead atoms. The molecule has 61 heavy (non-hydrogen) atoms. The van der Waals surface area contributed by atoms with Gasteiger partial charge in [0.15, 0.2) is 0 Å². The van der Waals surface area contributed by atoms with Crippen molar-refractivity contribution in [2.75, 3.05) is 0 Å². The van der Waals surface area contributed by atoms with Gasteiger partial charge in [0.05, 0.1) is 18.6 Å². The molecule has 0 saturated heterocycles. The summed E-state index contributed by atoms with van der Waals surface area (Å²) in [6.07, 6.45) is -20.4. The van der Waals surface area contributed by atoms with Crippen molar-refractivity contribution in [3.63, 3.8) is 0 Å². The summed E-state index contributed by atoms with van der Waals surface area (Å²) in [5.41, 5.74) is -1.36. The van der Waals surface area contributed by atoms with Gasteiger partial charge in [0.2, 0.25) is 0 Å². The number of rotatable bonds is 12. The number of furan rings is 1. The molecule has 5 aromatic carbocycles. The molecule has 296 valence electrons. The van der Waals surface area contributed by atoms with E-state index in [9.17, 15) is 21.7 Å². The summed E-state index contributed by atoms with van der Waals surface area (Å²) < 4.78 is 162. The molecule has 0 fully saturated rings. The Bertz CT molecular complexity index is 3690. The number of aromatic nitrogens is 3. The Morgan fingerprint density at radius 2 is 1.15 bits per heavy atom. The van der Waals surface area contributed by atoms with E-state index in [1.54, 1.807) is 54.6 Å². The van der Waals surface area contributed by atoms with Gasteiger partial charge in [0, 0.05) is 45.9 Å². The molecule has 0 radical (unpaired) electrons. The van der Waals surface area contributed by atoms with Gasteiger partial charge in [-0.25, -0.2) is 0 Å². The third-order valence-electron chi connectivity index (χ3n) is 9.78. The topological polar surface area (TPSA) is 75.6 Å². The van der Waals surface area contributed by atoms with E-state index in [1.807, 2.05) is 6.07 Å². The van der Waals surface area contributed by atoms with Crippen molar-refractivity contribution in [3.05, 3.63) is 208 Å². The molecule has 0 unspecified atom stereocenters. The number of benzene rings is 5. The molecule has 0 aliphatic heterocycles.